The number of hydrogen-bond donors (Lipinski definition) is 0. The maximum Gasteiger partial charge on any atom is 0.181 e. The van der Waals surface area contributed by atoms with Crippen molar-refractivity contribution in [3.8, 4) is 0 Å². The summed E-state index contributed by atoms with van der Waals surface area (Å²) in [6, 6.07) is 0.227. The van der Waals surface area contributed by atoms with Gasteiger partial charge in [-0.15, -0.1) is 0 Å². The van der Waals surface area contributed by atoms with Gasteiger partial charge in [0.1, 0.15) is 11.5 Å². The van der Waals surface area contributed by atoms with Gasteiger partial charge in [-0.3, -0.25) is 9.59 Å². The Morgan fingerprint density at radius 2 is 2.13 bits per heavy atom. The number of piperidine rings is 1. The van der Waals surface area contributed by atoms with E-state index in [0.717, 1.165) is 30.9 Å². The first-order valence-electron chi connectivity index (χ1n) is 8.46. The van der Waals surface area contributed by atoms with Crippen LogP contribution < -0.4 is 0 Å². The quantitative estimate of drug-likeness (QED) is 0.683. The van der Waals surface area contributed by atoms with Crippen LogP contribution in [-0.4, -0.2) is 49.3 Å². The molecule has 0 aromatic carbocycles. The number of ketones is 2. The number of carbonyl (C=O) groups is 2. The van der Waals surface area contributed by atoms with E-state index in [-0.39, 0.29) is 41.3 Å². The fourth-order valence-electron chi connectivity index (χ4n) is 6.11. The first-order valence-corrected chi connectivity index (χ1v) is 8.46. The molecule has 0 amide bonds. The van der Waals surface area contributed by atoms with E-state index in [0.29, 0.717) is 5.92 Å². The average molecular weight is 315 g/mol. The summed E-state index contributed by atoms with van der Waals surface area (Å²) >= 11 is 0. The summed E-state index contributed by atoms with van der Waals surface area (Å²) in [7, 11) is 3.75. The van der Waals surface area contributed by atoms with Crippen LogP contribution in [0, 0.1) is 23.2 Å². The lowest BCUT2D eigenvalue weighted by molar-refractivity contribution is -0.169. The molecule has 2 unspecified atom stereocenters. The van der Waals surface area contributed by atoms with Crippen molar-refractivity contribution in [2.75, 3.05) is 20.7 Å². The topological polar surface area (TPSA) is 55.8 Å². The number of allylic oxidation sites excluding steroid dienone is 3. The molecule has 0 N–H and O–H groups in total. The monoisotopic (exact) mass is 315 g/mol. The molecule has 0 radical (unpaired) electrons. The molecule has 6 atom stereocenters. The highest BCUT2D eigenvalue weighted by Crippen LogP contribution is 2.66. The number of carbonyl (C=O) groups excluding carboxylic acids is 2. The van der Waals surface area contributed by atoms with Crippen molar-refractivity contribution < 1.29 is 19.1 Å². The van der Waals surface area contributed by atoms with Gasteiger partial charge in [0.15, 0.2) is 17.6 Å². The smallest absolute Gasteiger partial charge is 0.181 e. The Bertz CT molecular complexity index is 681. The van der Waals surface area contributed by atoms with Crippen LogP contribution in [0.1, 0.15) is 19.3 Å². The number of nitrogens with zero attached hydrogens (tertiary/aromatic N) is 1. The molecule has 0 aromatic rings. The molecule has 0 aromatic heterocycles. The number of likely N-dealkylation sites (tertiary alicyclic amines) is 1. The van der Waals surface area contributed by atoms with Crippen molar-refractivity contribution in [3.05, 3.63) is 23.7 Å². The number of hydrogen-bond acceptors (Lipinski definition) is 5. The van der Waals surface area contributed by atoms with Crippen molar-refractivity contribution in [2.45, 2.75) is 31.4 Å². The Hall–Kier alpha value is -1.62. The maximum atomic E-state index is 12.8. The van der Waals surface area contributed by atoms with Crippen molar-refractivity contribution in [3.63, 3.8) is 0 Å². The Labute approximate surface area is 135 Å². The lowest BCUT2D eigenvalue weighted by atomic mass is 9.46. The van der Waals surface area contributed by atoms with E-state index < -0.39 is 6.10 Å². The minimum atomic E-state index is -0.464. The Kier molecular flexibility index (Phi) is 2.55. The van der Waals surface area contributed by atoms with E-state index in [2.05, 4.69) is 18.0 Å². The predicted octanol–water partition coefficient (Wildman–Crippen LogP) is 1.30. The van der Waals surface area contributed by atoms with Gasteiger partial charge in [-0.1, -0.05) is 6.08 Å². The molecular weight excluding hydrogens is 294 g/mol. The van der Waals surface area contributed by atoms with Gasteiger partial charge in [0.05, 0.1) is 13.5 Å². The summed E-state index contributed by atoms with van der Waals surface area (Å²) in [5.74, 6) is 2.01. The van der Waals surface area contributed by atoms with Crippen LogP contribution in [0.4, 0.5) is 0 Å². The van der Waals surface area contributed by atoms with E-state index in [9.17, 15) is 9.59 Å². The van der Waals surface area contributed by atoms with Gasteiger partial charge in [0.2, 0.25) is 0 Å². The molecule has 2 bridgehead atoms. The molecule has 5 aliphatic rings. The van der Waals surface area contributed by atoms with Gasteiger partial charge in [-0.2, -0.15) is 0 Å². The van der Waals surface area contributed by atoms with Crippen molar-refractivity contribution >= 4 is 11.6 Å². The molecule has 1 spiro atoms. The number of Topliss-reactive ketones (excluding diaryl/α,β-unsaturated/α-hetero) is 2. The number of ether oxygens (including phenoxy) is 2. The minimum absolute atomic E-state index is 0.0296. The highest BCUT2D eigenvalue weighted by atomic mass is 16.5. The maximum absolute atomic E-state index is 12.8. The molecule has 4 fully saturated rings. The summed E-state index contributed by atoms with van der Waals surface area (Å²) < 4.78 is 11.7. The standard InChI is InChI=1S/C18H21NO4/c1-19-6-5-18-14-9-3-4-13(22-2)16(14)23-17(18)12(21)8-11(20)15(18)10(19)7-9/h3-4,9-10,14-15,17H,5-8H2,1-2H3/t9?,10-,14?,15-,17+,18-/m1/s1. The highest BCUT2D eigenvalue weighted by Gasteiger charge is 2.72. The van der Waals surface area contributed by atoms with Crippen LogP contribution in [0.5, 0.6) is 0 Å². The fraction of sp³-hybridized carbons (Fsp3) is 0.667. The van der Waals surface area contributed by atoms with Crippen molar-refractivity contribution in [2.24, 2.45) is 23.2 Å². The molecule has 2 aliphatic heterocycles. The second kappa shape index (κ2) is 4.26. The Balaban J connectivity index is 1.75. The normalized spacial score (nSPS) is 47.5. The molecule has 2 saturated carbocycles. The summed E-state index contributed by atoms with van der Waals surface area (Å²) in [4.78, 5) is 27.8. The van der Waals surface area contributed by atoms with E-state index in [4.69, 9.17) is 9.47 Å². The van der Waals surface area contributed by atoms with Crippen molar-refractivity contribution in [1.82, 2.24) is 4.90 Å². The summed E-state index contributed by atoms with van der Waals surface area (Å²) in [6.45, 7) is 0.921. The van der Waals surface area contributed by atoms with Crippen molar-refractivity contribution in [1.29, 1.82) is 0 Å². The number of rotatable bonds is 1. The van der Waals surface area contributed by atoms with Crippen LogP contribution in [0.25, 0.3) is 0 Å². The zero-order chi connectivity index (χ0) is 15.9. The molecular formula is C18H21NO4. The van der Waals surface area contributed by atoms with Gasteiger partial charge < -0.3 is 14.4 Å². The third-order valence-corrected chi connectivity index (χ3v) is 6.91. The zero-order valence-electron chi connectivity index (χ0n) is 13.5. The van der Waals surface area contributed by atoms with Gasteiger partial charge >= 0.3 is 0 Å². The highest BCUT2D eigenvalue weighted by molar-refractivity contribution is 6.06. The fourth-order valence-corrected chi connectivity index (χ4v) is 6.11. The molecule has 2 saturated heterocycles. The molecule has 5 heteroatoms. The van der Waals surface area contributed by atoms with Crippen LogP contribution in [-0.2, 0) is 19.1 Å². The van der Waals surface area contributed by atoms with Crippen LogP contribution in [0.3, 0.4) is 0 Å². The van der Waals surface area contributed by atoms with E-state index in [1.54, 1.807) is 7.11 Å². The summed E-state index contributed by atoms with van der Waals surface area (Å²) in [5, 5.41) is 0. The van der Waals surface area contributed by atoms with Gasteiger partial charge in [0.25, 0.3) is 0 Å². The lowest BCUT2D eigenvalue weighted by Gasteiger charge is -2.59. The Morgan fingerprint density at radius 3 is 2.91 bits per heavy atom. The second-order valence-electron chi connectivity index (χ2n) is 7.66. The molecule has 2 heterocycles. The van der Waals surface area contributed by atoms with Crippen LogP contribution >= 0.6 is 0 Å². The second-order valence-corrected chi connectivity index (χ2v) is 7.66. The molecule has 5 nitrogen and oxygen atoms in total. The lowest BCUT2D eigenvalue weighted by Crippen LogP contribution is -2.68. The molecule has 3 aliphatic carbocycles. The van der Waals surface area contributed by atoms with Gasteiger partial charge in [-0.05, 0) is 38.4 Å². The third-order valence-electron chi connectivity index (χ3n) is 6.91. The van der Waals surface area contributed by atoms with Crippen LogP contribution in [0.15, 0.2) is 23.7 Å². The van der Waals surface area contributed by atoms with E-state index in [1.165, 1.54) is 0 Å². The van der Waals surface area contributed by atoms with Gasteiger partial charge in [-0.25, -0.2) is 0 Å². The van der Waals surface area contributed by atoms with Gasteiger partial charge in [0, 0.05) is 23.3 Å². The first-order chi connectivity index (χ1) is 11.1. The molecule has 23 heavy (non-hydrogen) atoms. The Morgan fingerprint density at radius 1 is 1.30 bits per heavy atom. The van der Waals surface area contributed by atoms with Crippen LogP contribution in [0.2, 0.25) is 0 Å². The summed E-state index contributed by atoms with van der Waals surface area (Å²) in [5.41, 5.74) is -0.351. The molecule has 5 rings (SSSR count). The first kappa shape index (κ1) is 13.8. The molecule has 122 valence electrons. The zero-order valence-corrected chi connectivity index (χ0v) is 13.5. The summed E-state index contributed by atoms with van der Waals surface area (Å²) in [6.07, 6.45) is 5.55. The third kappa shape index (κ3) is 1.43. The SMILES string of the molecule is COC1=C2O[C@H]3C(=O)CC(=O)[C@H]4[C@H]5CC(C=C1)C2[C@@]34CCN5C. The minimum Gasteiger partial charge on any atom is -0.493 e. The predicted molar refractivity (Wildman–Crippen MR) is 81.2 cm³/mol. The van der Waals surface area contributed by atoms with E-state index in [1.807, 2.05) is 6.08 Å². The largest absolute Gasteiger partial charge is 0.493 e. The average Bonchev–Trinajstić information content (AvgIpc) is 2.88. The number of methoxy groups -OCH3 is 1. The van der Waals surface area contributed by atoms with E-state index >= 15 is 0 Å².